The highest BCUT2D eigenvalue weighted by Crippen LogP contribution is 2.25. The van der Waals surface area contributed by atoms with Crippen molar-refractivity contribution in [1.82, 2.24) is 9.97 Å². The molecule has 22 heavy (non-hydrogen) atoms. The predicted octanol–water partition coefficient (Wildman–Crippen LogP) is 4.59. The Hall–Kier alpha value is -2.44. The Morgan fingerprint density at radius 2 is 1.82 bits per heavy atom. The van der Waals surface area contributed by atoms with Crippen molar-refractivity contribution in [2.45, 2.75) is 0 Å². The van der Waals surface area contributed by atoms with Crippen LogP contribution in [0.15, 0.2) is 42.6 Å². The number of nitro groups is 1. The van der Waals surface area contributed by atoms with Gasteiger partial charge in [0.1, 0.15) is 0 Å². The third-order valence-electron chi connectivity index (χ3n) is 2.90. The Morgan fingerprint density at radius 3 is 2.50 bits per heavy atom. The van der Waals surface area contributed by atoms with Gasteiger partial charge >= 0.3 is 0 Å². The second-order valence-electron chi connectivity index (χ2n) is 4.48. The standard InChI is InChI=1S/C14H8Cl2N4O2/c15-9-3-10(16)5-11(4-9)18-14-17-7-8-1-2-12(20(21)22)6-13(8)19-14/h1-7H,(H,17,18,19). The Bertz CT molecular complexity index is 866. The van der Waals surface area contributed by atoms with Crippen molar-refractivity contribution in [2.24, 2.45) is 0 Å². The summed E-state index contributed by atoms with van der Waals surface area (Å²) in [5.74, 6) is 0.298. The molecule has 1 aromatic heterocycles. The maximum atomic E-state index is 10.8. The molecule has 0 bridgehead atoms. The van der Waals surface area contributed by atoms with Crippen molar-refractivity contribution in [3.8, 4) is 0 Å². The van der Waals surface area contributed by atoms with E-state index in [-0.39, 0.29) is 5.69 Å². The number of nitrogens with one attached hydrogen (secondary N) is 1. The molecule has 0 aliphatic rings. The first-order valence-corrected chi connectivity index (χ1v) is 6.91. The predicted molar refractivity (Wildman–Crippen MR) is 85.9 cm³/mol. The van der Waals surface area contributed by atoms with Crippen LogP contribution in [-0.2, 0) is 0 Å². The van der Waals surface area contributed by atoms with E-state index >= 15 is 0 Å². The van der Waals surface area contributed by atoms with Crippen LogP contribution in [-0.4, -0.2) is 14.9 Å². The largest absolute Gasteiger partial charge is 0.324 e. The first kappa shape index (κ1) is 14.5. The summed E-state index contributed by atoms with van der Waals surface area (Å²) < 4.78 is 0. The Morgan fingerprint density at radius 1 is 1.09 bits per heavy atom. The van der Waals surface area contributed by atoms with Crippen LogP contribution in [0.4, 0.5) is 17.3 Å². The van der Waals surface area contributed by atoms with Gasteiger partial charge in [-0.3, -0.25) is 10.1 Å². The zero-order chi connectivity index (χ0) is 15.7. The monoisotopic (exact) mass is 334 g/mol. The summed E-state index contributed by atoms with van der Waals surface area (Å²) in [6.45, 7) is 0. The number of nitrogens with zero attached hydrogens (tertiary/aromatic N) is 3. The molecule has 0 aliphatic carbocycles. The Labute approximate surface area is 134 Å². The molecule has 8 heteroatoms. The Kier molecular flexibility index (Phi) is 3.79. The lowest BCUT2D eigenvalue weighted by molar-refractivity contribution is -0.384. The molecule has 2 aromatic carbocycles. The fraction of sp³-hybridized carbons (Fsp3) is 0. The summed E-state index contributed by atoms with van der Waals surface area (Å²) in [4.78, 5) is 18.8. The summed E-state index contributed by atoms with van der Waals surface area (Å²) in [5.41, 5.74) is 1.07. The molecule has 1 N–H and O–H groups in total. The lowest BCUT2D eigenvalue weighted by Crippen LogP contribution is -1.97. The summed E-state index contributed by atoms with van der Waals surface area (Å²) in [7, 11) is 0. The van der Waals surface area contributed by atoms with Crippen LogP contribution < -0.4 is 5.32 Å². The van der Waals surface area contributed by atoms with Crippen LogP contribution in [0.2, 0.25) is 10.0 Å². The highest BCUT2D eigenvalue weighted by molar-refractivity contribution is 6.35. The van der Waals surface area contributed by atoms with Gasteiger partial charge in [0, 0.05) is 39.4 Å². The van der Waals surface area contributed by atoms with Gasteiger partial charge in [0.05, 0.1) is 10.4 Å². The van der Waals surface area contributed by atoms with Crippen molar-refractivity contribution in [3.05, 3.63) is 62.8 Å². The van der Waals surface area contributed by atoms with E-state index in [0.29, 0.717) is 32.6 Å². The van der Waals surface area contributed by atoms with E-state index in [2.05, 4.69) is 15.3 Å². The summed E-state index contributed by atoms with van der Waals surface area (Å²) in [5, 5.41) is 15.4. The van der Waals surface area contributed by atoms with E-state index in [9.17, 15) is 10.1 Å². The van der Waals surface area contributed by atoms with Crippen LogP contribution in [0.5, 0.6) is 0 Å². The lowest BCUT2D eigenvalue weighted by atomic mass is 10.2. The fourth-order valence-corrected chi connectivity index (χ4v) is 2.47. The molecule has 0 fully saturated rings. The molecule has 0 amide bonds. The first-order chi connectivity index (χ1) is 10.5. The number of hydrogen-bond donors (Lipinski definition) is 1. The van der Waals surface area contributed by atoms with E-state index in [1.54, 1.807) is 30.5 Å². The number of fused-ring (bicyclic) bond motifs is 1. The molecule has 1 heterocycles. The van der Waals surface area contributed by atoms with E-state index < -0.39 is 4.92 Å². The number of nitro benzene ring substituents is 1. The molecular weight excluding hydrogens is 327 g/mol. The summed E-state index contributed by atoms with van der Waals surface area (Å²) in [6, 6.07) is 9.37. The molecular formula is C14H8Cl2N4O2. The third kappa shape index (κ3) is 3.08. The minimum Gasteiger partial charge on any atom is -0.324 e. The van der Waals surface area contributed by atoms with Gasteiger partial charge in [-0.2, -0.15) is 0 Å². The normalized spacial score (nSPS) is 10.6. The van der Waals surface area contributed by atoms with Crippen LogP contribution >= 0.6 is 23.2 Å². The third-order valence-corrected chi connectivity index (χ3v) is 3.33. The second kappa shape index (κ2) is 5.75. The van der Waals surface area contributed by atoms with Crippen LogP contribution in [0.25, 0.3) is 10.9 Å². The van der Waals surface area contributed by atoms with E-state index in [4.69, 9.17) is 23.2 Å². The average molecular weight is 335 g/mol. The fourth-order valence-electron chi connectivity index (χ4n) is 1.94. The lowest BCUT2D eigenvalue weighted by Gasteiger charge is -2.06. The van der Waals surface area contributed by atoms with Crippen molar-refractivity contribution < 1.29 is 4.92 Å². The number of hydrogen-bond acceptors (Lipinski definition) is 5. The van der Waals surface area contributed by atoms with Gasteiger partial charge in [0.15, 0.2) is 0 Å². The van der Waals surface area contributed by atoms with Gasteiger partial charge in [-0.25, -0.2) is 9.97 Å². The zero-order valence-corrected chi connectivity index (χ0v) is 12.5. The average Bonchev–Trinajstić information content (AvgIpc) is 2.45. The molecule has 0 saturated heterocycles. The van der Waals surface area contributed by atoms with Crippen LogP contribution in [0.1, 0.15) is 0 Å². The molecule has 110 valence electrons. The molecule has 0 unspecified atom stereocenters. The SMILES string of the molecule is O=[N+]([O-])c1ccc2cnc(Nc3cc(Cl)cc(Cl)c3)nc2c1. The second-order valence-corrected chi connectivity index (χ2v) is 5.35. The highest BCUT2D eigenvalue weighted by Gasteiger charge is 2.08. The molecule has 0 atom stereocenters. The van der Waals surface area contributed by atoms with E-state index in [1.807, 2.05) is 0 Å². The quantitative estimate of drug-likeness (QED) is 0.559. The summed E-state index contributed by atoms with van der Waals surface area (Å²) >= 11 is 11.9. The minimum atomic E-state index is -0.467. The van der Waals surface area contributed by atoms with Crippen molar-refractivity contribution in [1.29, 1.82) is 0 Å². The van der Waals surface area contributed by atoms with Crippen LogP contribution in [0, 0.1) is 10.1 Å². The highest BCUT2D eigenvalue weighted by atomic mass is 35.5. The maximum absolute atomic E-state index is 10.8. The van der Waals surface area contributed by atoms with Crippen molar-refractivity contribution in [2.75, 3.05) is 5.32 Å². The van der Waals surface area contributed by atoms with Gasteiger partial charge in [0.25, 0.3) is 5.69 Å². The summed E-state index contributed by atoms with van der Waals surface area (Å²) in [6.07, 6.45) is 1.58. The molecule has 0 saturated carbocycles. The molecule has 0 aliphatic heterocycles. The number of benzene rings is 2. The molecule has 6 nitrogen and oxygen atoms in total. The van der Waals surface area contributed by atoms with Crippen LogP contribution in [0.3, 0.4) is 0 Å². The van der Waals surface area contributed by atoms with E-state index in [1.165, 1.54) is 12.1 Å². The number of aromatic nitrogens is 2. The number of rotatable bonds is 3. The van der Waals surface area contributed by atoms with Gasteiger partial charge < -0.3 is 5.32 Å². The van der Waals surface area contributed by atoms with Crippen molar-refractivity contribution in [3.63, 3.8) is 0 Å². The minimum absolute atomic E-state index is 0.0250. The maximum Gasteiger partial charge on any atom is 0.271 e. The van der Waals surface area contributed by atoms with Gasteiger partial charge in [-0.05, 0) is 24.3 Å². The van der Waals surface area contributed by atoms with Gasteiger partial charge in [0.2, 0.25) is 5.95 Å². The van der Waals surface area contributed by atoms with Gasteiger partial charge in [-0.1, -0.05) is 23.2 Å². The molecule has 0 spiro atoms. The number of anilines is 2. The van der Waals surface area contributed by atoms with Crippen molar-refractivity contribution >= 4 is 51.4 Å². The number of non-ortho nitro benzene ring substituents is 1. The zero-order valence-electron chi connectivity index (χ0n) is 11.0. The number of halogens is 2. The smallest absolute Gasteiger partial charge is 0.271 e. The van der Waals surface area contributed by atoms with Gasteiger partial charge in [-0.15, -0.1) is 0 Å². The molecule has 3 aromatic rings. The van der Waals surface area contributed by atoms with E-state index in [0.717, 1.165) is 0 Å². The molecule has 0 radical (unpaired) electrons. The first-order valence-electron chi connectivity index (χ1n) is 6.15. The topological polar surface area (TPSA) is 81.0 Å². The Balaban J connectivity index is 1.98. The molecule has 3 rings (SSSR count).